The van der Waals surface area contributed by atoms with E-state index >= 15 is 0 Å². The molecule has 0 spiro atoms. The summed E-state index contributed by atoms with van der Waals surface area (Å²) >= 11 is 0. The van der Waals surface area contributed by atoms with E-state index in [9.17, 15) is 24.0 Å². The van der Waals surface area contributed by atoms with E-state index in [0.29, 0.717) is 51.5 Å². The molecule has 68 heavy (non-hydrogen) atoms. The summed E-state index contributed by atoms with van der Waals surface area (Å²) in [6, 6.07) is 0. The van der Waals surface area contributed by atoms with Crippen LogP contribution < -0.4 is 0 Å². The van der Waals surface area contributed by atoms with Gasteiger partial charge in [-0.3, -0.25) is 24.0 Å². The van der Waals surface area contributed by atoms with E-state index in [0.717, 1.165) is 103 Å². The van der Waals surface area contributed by atoms with Gasteiger partial charge in [-0.05, 0) is 116 Å². The quantitative estimate of drug-likeness (QED) is 0.0250. The second kappa shape index (κ2) is 43.5. The molecule has 1 rings (SSSR count). The maximum atomic E-state index is 13.4. The lowest BCUT2D eigenvalue weighted by Crippen LogP contribution is -2.29. The first kappa shape index (κ1) is 62.5. The van der Waals surface area contributed by atoms with E-state index in [4.69, 9.17) is 23.7 Å². The van der Waals surface area contributed by atoms with Crippen molar-refractivity contribution in [3.8, 4) is 0 Å². The van der Waals surface area contributed by atoms with E-state index < -0.39 is 6.10 Å². The van der Waals surface area contributed by atoms with Crippen molar-refractivity contribution in [1.82, 2.24) is 4.90 Å². The Labute approximate surface area is 414 Å². The maximum Gasteiger partial charge on any atom is 0.307 e. The zero-order chi connectivity index (χ0) is 49.9. The summed E-state index contributed by atoms with van der Waals surface area (Å²) in [5, 5.41) is 0. The highest BCUT2D eigenvalue weighted by atomic mass is 16.6. The molecular weight excluding hydrogens is 859 g/mol. The van der Waals surface area contributed by atoms with Crippen molar-refractivity contribution in [2.45, 2.75) is 239 Å². The first-order chi connectivity index (χ1) is 33.0. The van der Waals surface area contributed by atoms with Gasteiger partial charge in [-0.25, -0.2) is 0 Å². The van der Waals surface area contributed by atoms with Crippen molar-refractivity contribution < 1.29 is 47.7 Å². The third kappa shape index (κ3) is 35.6. The fourth-order valence-corrected chi connectivity index (χ4v) is 8.58. The summed E-state index contributed by atoms with van der Waals surface area (Å²) in [5.74, 6) is -1.41. The first-order valence-electron chi connectivity index (χ1n) is 27.5. The third-order valence-electron chi connectivity index (χ3n) is 12.8. The lowest BCUT2D eigenvalue weighted by Gasteiger charge is -2.24. The molecule has 1 fully saturated rings. The molecule has 11 heteroatoms. The first-order valence-corrected chi connectivity index (χ1v) is 27.5. The van der Waals surface area contributed by atoms with Crippen molar-refractivity contribution >= 4 is 29.8 Å². The van der Waals surface area contributed by atoms with Crippen LogP contribution in [0.25, 0.3) is 0 Å². The van der Waals surface area contributed by atoms with E-state index in [1.54, 1.807) is 0 Å². The predicted molar refractivity (Wildman–Crippen MR) is 275 cm³/mol. The Balaban J connectivity index is 2.80. The number of hydrogen-bond donors (Lipinski definition) is 0. The molecule has 1 aliphatic rings. The smallest absolute Gasteiger partial charge is 0.307 e. The van der Waals surface area contributed by atoms with E-state index in [1.165, 1.54) is 38.5 Å². The number of allylic oxidation sites excluding steroid dienone is 6. The van der Waals surface area contributed by atoms with Gasteiger partial charge in [-0.1, -0.05) is 135 Å². The highest BCUT2D eigenvalue weighted by Crippen LogP contribution is 2.39. The second-order valence-electron chi connectivity index (χ2n) is 19.5. The third-order valence-corrected chi connectivity index (χ3v) is 12.8. The molecule has 0 aromatic rings. The Hall–Kier alpha value is -3.47. The van der Waals surface area contributed by atoms with Crippen LogP contribution in [0.15, 0.2) is 36.5 Å². The molecule has 4 unspecified atom stereocenters. The molecule has 0 saturated heterocycles. The van der Waals surface area contributed by atoms with Crippen LogP contribution in [0.3, 0.4) is 0 Å². The maximum absolute atomic E-state index is 13.4. The highest BCUT2D eigenvalue weighted by Gasteiger charge is 2.39. The minimum atomic E-state index is -0.540. The number of ether oxygens (including phenoxy) is 5. The van der Waals surface area contributed by atoms with Crippen LogP contribution in [0, 0.1) is 17.8 Å². The highest BCUT2D eigenvalue weighted by molar-refractivity contribution is 5.71. The number of nitrogens with zero attached hydrogens (tertiary/aromatic N) is 1. The molecule has 0 aromatic heterocycles. The summed E-state index contributed by atoms with van der Waals surface area (Å²) in [5.41, 5.74) is 0. The number of hydrogen-bond acceptors (Lipinski definition) is 11. The van der Waals surface area contributed by atoms with Crippen LogP contribution in [0.2, 0.25) is 0 Å². The van der Waals surface area contributed by atoms with Gasteiger partial charge in [0.25, 0.3) is 0 Å². The summed E-state index contributed by atoms with van der Waals surface area (Å²) in [7, 11) is 3.86. The Kier molecular flexibility index (Phi) is 40.1. The molecule has 0 bridgehead atoms. The van der Waals surface area contributed by atoms with Crippen molar-refractivity contribution in [2.24, 2.45) is 17.8 Å². The van der Waals surface area contributed by atoms with Crippen LogP contribution in [0.5, 0.6) is 0 Å². The van der Waals surface area contributed by atoms with E-state index in [2.05, 4.69) is 64.2 Å². The molecule has 0 amide bonds. The topological polar surface area (TPSA) is 135 Å². The number of carbonyl (C=O) groups excluding carboxylic acids is 5. The molecule has 1 saturated carbocycles. The van der Waals surface area contributed by atoms with Gasteiger partial charge in [0.05, 0.1) is 19.6 Å². The lowest BCUT2D eigenvalue weighted by atomic mass is 9.88. The average Bonchev–Trinajstić information content (AvgIpc) is 3.68. The number of unbranched alkanes of at least 4 members (excludes halogenated alkanes) is 14. The van der Waals surface area contributed by atoms with Crippen LogP contribution in [-0.4, -0.2) is 87.4 Å². The molecule has 4 atom stereocenters. The summed E-state index contributed by atoms with van der Waals surface area (Å²) in [4.78, 5) is 66.1. The fraction of sp³-hybridized carbons (Fsp3) is 0.807. The standard InChI is InChI=1S/C57H99NO10/c1-7-11-15-16-17-18-19-20-21-22-23-24-25-26-27-31-35-50(47-66-57(63)44-49-40-41-52(51(49)36-28-12-8-2)68-56(62)42-43-58(5)6)67-55(61)39-33-32-34-48(45-64-53(59)37-29-13-9-3)46-65-54(60)38-30-14-10-4/h12,17-18,20-21,28,48-52H,7-11,13-16,19,22-27,29-47H2,1-6H3/b18-17-,21-20-,28-12-. The number of esters is 5. The second-order valence-corrected chi connectivity index (χ2v) is 19.5. The Morgan fingerprint density at radius 2 is 1.07 bits per heavy atom. The zero-order valence-electron chi connectivity index (χ0n) is 44.1. The normalized spacial score (nSPS) is 16.6. The van der Waals surface area contributed by atoms with Gasteiger partial charge in [0.1, 0.15) is 18.8 Å². The average molecular weight is 958 g/mol. The number of carbonyl (C=O) groups is 5. The molecule has 0 N–H and O–H groups in total. The predicted octanol–water partition coefficient (Wildman–Crippen LogP) is 13.7. The largest absolute Gasteiger partial charge is 0.465 e. The summed E-state index contributed by atoms with van der Waals surface area (Å²) in [6.45, 7) is 9.49. The molecule has 392 valence electrons. The lowest BCUT2D eigenvalue weighted by molar-refractivity contribution is -0.160. The molecule has 11 nitrogen and oxygen atoms in total. The molecule has 0 aromatic carbocycles. The molecular formula is C57H99NO10. The van der Waals surface area contributed by atoms with E-state index in [1.807, 2.05) is 19.0 Å². The summed E-state index contributed by atoms with van der Waals surface area (Å²) < 4.78 is 29.0. The van der Waals surface area contributed by atoms with Gasteiger partial charge < -0.3 is 28.6 Å². The number of rotatable bonds is 44. The van der Waals surface area contributed by atoms with Crippen molar-refractivity contribution in [2.75, 3.05) is 40.5 Å². The molecule has 0 radical (unpaired) electrons. The molecule has 0 aliphatic heterocycles. The zero-order valence-corrected chi connectivity index (χ0v) is 44.1. The van der Waals surface area contributed by atoms with Gasteiger partial charge >= 0.3 is 29.8 Å². The SMILES string of the molecule is CC/C=C\CC1C(CC(=O)OCC(CCCCCCCC/C=C\C/C=C\CCCCC)OC(=O)CCCCC(COC(=O)CCCCC)COC(=O)CCCCC)CCC1OC(=O)CCN(C)C. The summed E-state index contributed by atoms with van der Waals surface area (Å²) in [6.07, 6.45) is 39.0. The van der Waals surface area contributed by atoms with Crippen LogP contribution in [0.1, 0.15) is 227 Å². The minimum absolute atomic E-state index is 0.0102. The van der Waals surface area contributed by atoms with Crippen LogP contribution in [0.4, 0.5) is 0 Å². The van der Waals surface area contributed by atoms with Crippen molar-refractivity contribution in [3.63, 3.8) is 0 Å². The van der Waals surface area contributed by atoms with E-state index in [-0.39, 0.29) is 86.4 Å². The molecule has 1 aliphatic carbocycles. The minimum Gasteiger partial charge on any atom is -0.465 e. The van der Waals surface area contributed by atoms with Crippen LogP contribution in [-0.2, 0) is 47.7 Å². The Bertz CT molecular complexity index is 1370. The Morgan fingerprint density at radius 1 is 0.529 bits per heavy atom. The molecule has 0 heterocycles. The van der Waals surface area contributed by atoms with Crippen molar-refractivity contribution in [3.05, 3.63) is 36.5 Å². The van der Waals surface area contributed by atoms with Gasteiger partial charge in [-0.15, -0.1) is 0 Å². The van der Waals surface area contributed by atoms with Crippen LogP contribution >= 0.6 is 0 Å². The Morgan fingerprint density at radius 3 is 1.69 bits per heavy atom. The monoisotopic (exact) mass is 958 g/mol. The van der Waals surface area contributed by atoms with Gasteiger partial charge in [0.15, 0.2) is 0 Å². The van der Waals surface area contributed by atoms with Gasteiger partial charge in [-0.2, -0.15) is 0 Å². The van der Waals surface area contributed by atoms with Crippen molar-refractivity contribution in [1.29, 1.82) is 0 Å². The van der Waals surface area contributed by atoms with Gasteiger partial charge in [0.2, 0.25) is 0 Å². The van der Waals surface area contributed by atoms with Gasteiger partial charge in [0, 0.05) is 44.1 Å². The fourth-order valence-electron chi connectivity index (χ4n) is 8.58.